The first kappa shape index (κ1) is 13.8. The van der Waals surface area contributed by atoms with Crippen LogP contribution in [0.4, 0.5) is 0 Å². The summed E-state index contributed by atoms with van der Waals surface area (Å²) in [6.07, 6.45) is 2.64. The zero-order valence-corrected chi connectivity index (χ0v) is 12.6. The fourth-order valence-corrected chi connectivity index (χ4v) is 3.74. The van der Waals surface area contributed by atoms with Crippen molar-refractivity contribution in [1.29, 1.82) is 0 Å². The second-order valence-corrected chi connectivity index (χ2v) is 6.64. The molecule has 2 unspecified atom stereocenters. The largest absolute Gasteiger partial charge is 0.377 e. The van der Waals surface area contributed by atoms with E-state index in [1.807, 2.05) is 6.07 Å². The predicted molar refractivity (Wildman–Crippen MR) is 75.8 cm³/mol. The van der Waals surface area contributed by atoms with Crippen LogP contribution in [0.2, 0.25) is 4.34 Å². The lowest BCUT2D eigenvalue weighted by Gasteiger charge is -2.18. The molecule has 0 amide bonds. The first-order valence-corrected chi connectivity index (χ1v) is 7.69. The number of ether oxygens (including phenoxy) is 1. The monoisotopic (exact) mass is 338 g/mol. The summed E-state index contributed by atoms with van der Waals surface area (Å²) >= 11 is 11.0. The van der Waals surface area contributed by atoms with Crippen molar-refractivity contribution in [2.24, 2.45) is 5.73 Å². The van der Waals surface area contributed by atoms with Crippen LogP contribution in [0.1, 0.15) is 23.8 Å². The SMILES string of the molecule is NCC(NCC1CCCO1)c1cc(Br)c(Cl)s1. The molecule has 0 bridgehead atoms. The van der Waals surface area contributed by atoms with Crippen molar-refractivity contribution in [2.45, 2.75) is 25.0 Å². The van der Waals surface area contributed by atoms with Crippen LogP contribution in [-0.4, -0.2) is 25.8 Å². The van der Waals surface area contributed by atoms with Gasteiger partial charge in [-0.05, 0) is 34.8 Å². The van der Waals surface area contributed by atoms with Gasteiger partial charge in [-0.2, -0.15) is 0 Å². The highest BCUT2D eigenvalue weighted by Gasteiger charge is 2.19. The standard InChI is InChI=1S/C11H16BrClN2OS/c12-8-4-10(17-11(8)13)9(5-14)15-6-7-2-1-3-16-7/h4,7,9,15H,1-3,5-6,14H2. The average Bonchev–Trinajstić information content (AvgIpc) is 2.91. The molecule has 3 N–H and O–H groups in total. The van der Waals surface area contributed by atoms with E-state index < -0.39 is 0 Å². The van der Waals surface area contributed by atoms with Gasteiger partial charge < -0.3 is 15.8 Å². The van der Waals surface area contributed by atoms with Crippen LogP contribution in [0.5, 0.6) is 0 Å². The third-order valence-electron chi connectivity index (χ3n) is 2.86. The lowest BCUT2D eigenvalue weighted by molar-refractivity contribution is 0.108. The maximum Gasteiger partial charge on any atom is 0.107 e. The van der Waals surface area contributed by atoms with E-state index in [1.54, 1.807) is 11.3 Å². The zero-order chi connectivity index (χ0) is 12.3. The molecule has 1 aliphatic rings. The lowest BCUT2D eigenvalue weighted by atomic mass is 10.2. The number of nitrogens with two attached hydrogens (primary N) is 1. The molecule has 0 radical (unpaired) electrons. The fraction of sp³-hybridized carbons (Fsp3) is 0.636. The number of nitrogens with one attached hydrogen (secondary N) is 1. The van der Waals surface area contributed by atoms with Crippen LogP contribution < -0.4 is 11.1 Å². The molecule has 1 aromatic rings. The fourth-order valence-electron chi connectivity index (χ4n) is 1.91. The Labute approximate surface area is 119 Å². The van der Waals surface area contributed by atoms with Crippen molar-refractivity contribution in [3.63, 3.8) is 0 Å². The minimum Gasteiger partial charge on any atom is -0.377 e. The molecule has 96 valence electrons. The van der Waals surface area contributed by atoms with E-state index in [0.29, 0.717) is 12.6 Å². The Morgan fingerprint density at radius 2 is 2.53 bits per heavy atom. The van der Waals surface area contributed by atoms with Crippen molar-refractivity contribution >= 4 is 38.9 Å². The van der Waals surface area contributed by atoms with Gasteiger partial charge in [-0.15, -0.1) is 11.3 Å². The summed E-state index contributed by atoms with van der Waals surface area (Å²) in [5, 5.41) is 3.45. The zero-order valence-electron chi connectivity index (χ0n) is 9.42. The van der Waals surface area contributed by atoms with Crippen molar-refractivity contribution in [3.8, 4) is 0 Å². The van der Waals surface area contributed by atoms with Gasteiger partial charge in [-0.25, -0.2) is 0 Å². The molecule has 6 heteroatoms. The van der Waals surface area contributed by atoms with E-state index in [2.05, 4.69) is 21.2 Å². The van der Waals surface area contributed by atoms with E-state index in [-0.39, 0.29) is 6.04 Å². The van der Waals surface area contributed by atoms with E-state index >= 15 is 0 Å². The normalized spacial score (nSPS) is 21.9. The molecule has 3 nitrogen and oxygen atoms in total. The summed E-state index contributed by atoms with van der Waals surface area (Å²) in [5.41, 5.74) is 5.79. The molecule has 0 spiro atoms. The molecule has 0 aliphatic carbocycles. The molecule has 2 atom stereocenters. The van der Waals surface area contributed by atoms with Gasteiger partial charge in [0.1, 0.15) is 4.34 Å². The van der Waals surface area contributed by atoms with Crippen molar-refractivity contribution < 1.29 is 4.74 Å². The second kappa shape index (κ2) is 6.50. The van der Waals surface area contributed by atoms with Gasteiger partial charge in [0, 0.05) is 29.0 Å². The Morgan fingerprint density at radius 1 is 1.71 bits per heavy atom. The van der Waals surface area contributed by atoms with Crippen LogP contribution in [0.15, 0.2) is 10.5 Å². The topological polar surface area (TPSA) is 47.3 Å². The van der Waals surface area contributed by atoms with Gasteiger partial charge in [0.05, 0.1) is 12.1 Å². The number of thiophene rings is 1. The summed E-state index contributed by atoms with van der Waals surface area (Å²) < 4.78 is 7.29. The molecule has 2 heterocycles. The maximum absolute atomic E-state index is 6.04. The quantitative estimate of drug-likeness (QED) is 0.867. The summed E-state index contributed by atoms with van der Waals surface area (Å²) in [6, 6.07) is 2.19. The number of rotatable bonds is 5. The van der Waals surface area contributed by atoms with Gasteiger partial charge in [0.25, 0.3) is 0 Å². The predicted octanol–water partition coefficient (Wildman–Crippen LogP) is 2.93. The third kappa shape index (κ3) is 3.66. The van der Waals surface area contributed by atoms with Gasteiger partial charge in [-0.3, -0.25) is 0 Å². The van der Waals surface area contributed by atoms with Crippen LogP contribution in [0.3, 0.4) is 0 Å². The molecule has 1 aromatic heterocycles. The van der Waals surface area contributed by atoms with Gasteiger partial charge >= 0.3 is 0 Å². The average molecular weight is 340 g/mol. The van der Waals surface area contributed by atoms with Crippen molar-refractivity contribution in [3.05, 3.63) is 19.8 Å². The molecule has 17 heavy (non-hydrogen) atoms. The van der Waals surface area contributed by atoms with Crippen LogP contribution in [0.25, 0.3) is 0 Å². The Bertz CT molecular complexity index is 349. The molecule has 1 saturated heterocycles. The van der Waals surface area contributed by atoms with Gasteiger partial charge in [0.15, 0.2) is 0 Å². The van der Waals surface area contributed by atoms with E-state index in [4.69, 9.17) is 22.1 Å². The molecule has 1 fully saturated rings. The maximum atomic E-state index is 6.04. The molecule has 0 aromatic carbocycles. The molecular weight excluding hydrogens is 324 g/mol. The minimum atomic E-state index is 0.160. The highest BCUT2D eigenvalue weighted by molar-refractivity contribution is 9.10. The Balaban J connectivity index is 1.91. The van der Waals surface area contributed by atoms with E-state index in [9.17, 15) is 0 Å². The molecular formula is C11H16BrClN2OS. The summed E-state index contributed by atoms with van der Waals surface area (Å²) in [4.78, 5) is 1.17. The number of hydrogen-bond acceptors (Lipinski definition) is 4. The lowest BCUT2D eigenvalue weighted by Crippen LogP contribution is -2.33. The Kier molecular flexibility index (Phi) is 5.26. The summed E-state index contributed by atoms with van der Waals surface area (Å²) in [7, 11) is 0. The molecule has 2 rings (SSSR count). The Morgan fingerprint density at radius 3 is 3.06 bits per heavy atom. The molecule has 0 saturated carbocycles. The highest BCUT2D eigenvalue weighted by atomic mass is 79.9. The Hall–Kier alpha value is 0.350. The summed E-state index contributed by atoms with van der Waals surface area (Å²) in [5.74, 6) is 0. The smallest absolute Gasteiger partial charge is 0.107 e. The molecule has 1 aliphatic heterocycles. The third-order valence-corrected chi connectivity index (χ3v) is 5.45. The van der Waals surface area contributed by atoms with Crippen molar-refractivity contribution in [2.75, 3.05) is 19.7 Å². The van der Waals surface area contributed by atoms with Crippen LogP contribution >= 0.6 is 38.9 Å². The first-order valence-electron chi connectivity index (χ1n) is 5.70. The first-order chi connectivity index (χ1) is 8.20. The second-order valence-electron chi connectivity index (χ2n) is 4.10. The van der Waals surface area contributed by atoms with Crippen LogP contribution in [-0.2, 0) is 4.74 Å². The highest BCUT2D eigenvalue weighted by Crippen LogP contribution is 2.34. The van der Waals surface area contributed by atoms with E-state index in [0.717, 1.165) is 34.8 Å². The van der Waals surface area contributed by atoms with Crippen molar-refractivity contribution in [1.82, 2.24) is 5.32 Å². The number of halogens is 2. The van der Waals surface area contributed by atoms with E-state index in [1.165, 1.54) is 4.88 Å². The van der Waals surface area contributed by atoms with Gasteiger partial charge in [0.2, 0.25) is 0 Å². The summed E-state index contributed by atoms with van der Waals surface area (Å²) in [6.45, 7) is 2.31. The van der Waals surface area contributed by atoms with Gasteiger partial charge in [-0.1, -0.05) is 11.6 Å². The minimum absolute atomic E-state index is 0.160. The van der Waals surface area contributed by atoms with Crippen LogP contribution in [0, 0.1) is 0 Å². The number of hydrogen-bond donors (Lipinski definition) is 2.